The van der Waals surface area contributed by atoms with Gasteiger partial charge in [-0.15, -0.1) is 0 Å². The third kappa shape index (κ3) is 3.03. The summed E-state index contributed by atoms with van der Waals surface area (Å²) >= 11 is 0. The monoisotopic (exact) mass is 260 g/mol. The SMILES string of the molecule is CC1(CCCCC(=O)O)CCc2ccccc2C1=O. The predicted molar refractivity (Wildman–Crippen MR) is 73.3 cm³/mol. The third-order valence-electron chi connectivity index (χ3n) is 4.13. The maximum absolute atomic E-state index is 12.6. The van der Waals surface area contributed by atoms with Gasteiger partial charge in [0, 0.05) is 17.4 Å². The second-order valence-corrected chi connectivity index (χ2v) is 5.65. The molecule has 3 heteroatoms. The molecule has 1 N–H and O–H groups in total. The molecule has 1 aromatic rings. The summed E-state index contributed by atoms with van der Waals surface area (Å²) in [5.74, 6) is -0.532. The molecular formula is C16H20O3. The molecule has 1 atom stereocenters. The molecular weight excluding hydrogens is 240 g/mol. The Morgan fingerprint density at radius 1 is 1.32 bits per heavy atom. The van der Waals surface area contributed by atoms with Gasteiger partial charge in [-0.25, -0.2) is 0 Å². The smallest absolute Gasteiger partial charge is 0.303 e. The van der Waals surface area contributed by atoms with E-state index in [2.05, 4.69) is 0 Å². The Balaban J connectivity index is 2.01. The second kappa shape index (κ2) is 5.55. The first-order chi connectivity index (χ1) is 9.03. The van der Waals surface area contributed by atoms with Crippen molar-refractivity contribution in [2.75, 3.05) is 0 Å². The lowest BCUT2D eigenvalue weighted by atomic mass is 9.69. The van der Waals surface area contributed by atoms with Gasteiger partial charge < -0.3 is 5.11 Å². The highest BCUT2D eigenvalue weighted by Gasteiger charge is 2.37. The van der Waals surface area contributed by atoms with Gasteiger partial charge in [0.2, 0.25) is 0 Å². The number of carbonyl (C=O) groups excluding carboxylic acids is 1. The molecule has 1 aliphatic carbocycles. The average Bonchev–Trinajstić information content (AvgIpc) is 2.40. The molecule has 0 fully saturated rings. The summed E-state index contributed by atoms with van der Waals surface area (Å²) in [6, 6.07) is 7.82. The Kier molecular flexibility index (Phi) is 4.03. The van der Waals surface area contributed by atoms with Gasteiger partial charge in [0.05, 0.1) is 0 Å². The summed E-state index contributed by atoms with van der Waals surface area (Å²) in [6.07, 6.45) is 4.25. The van der Waals surface area contributed by atoms with E-state index in [0.29, 0.717) is 6.42 Å². The first kappa shape index (κ1) is 13.8. The zero-order chi connectivity index (χ0) is 13.9. The molecule has 1 aliphatic rings. The molecule has 0 heterocycles. The quantitative estimate of drug-likeness (QED) is 0.825. The summed E-state index contributed by atoms with van der Waals surface area (Å²) in [5.41, 5.74) is 1.69. The lowest BCUT2D eigenvalue weighted by molar-refractivity contribution is -0.137. The van der Waals surface area contributed by atoms with Gasteiger partial charge in [0.1, 0.15) is 0 Å². The van der Waals surface area contributed by atoms with E-state index in [9.17, 15) is 9.59 Å². The van der Waals surface area contributed by atoms with E-state index >= 15 is 0 Å². The number of aliphatic carboxylic acids is 1. The Morgan fingerprint density at radius 3 is 2.79 bits per heavy atom. The molecule has 1 aromatic carbocycles. The third-order valence-corrected chi connectivity index (χ3v) is 4.13. The van der Waals surface area contributed by atoms with E-state index in [1.54, 1.807) is 0 Å². The van der Waals surface area contributed by atoms with Crippen LogP contribution in [0.1, 0.15) is 54.9 Å². The lowest BCUT2D eigenvalue weighted by Crippen LogP contribution is -2.33. The topological polar surface area (TPSA) is 54.4 Å². The van der Waals surface area contributed by atoms with E-state index in [1.165, 1.54) is 0 Å². The number of ketones is 1. The number of carboxylic acids is 1. The van der Waals surface area contributed by atoms with E-state index in [1.807, 2.05) is 31.2 Å². The van der Waals surface area contributed by atoms with Gasteiger partial charge in [-0.05, 0) is 31.2 Å². The van der Waals surface area contributed by atoms with Crippen molar-refractivity contribution in [1.82, 2.24) is 0 Å². The highest BCUT2D eigenvalue weighted by Crippen LogP contribution is 2.39. The number of benzene rings is 1. The molecule has 0 aromatic heterocycles. The molecule has 102 valence electrons. The van der Waals surface area contributed by atoms with E-state index in [-0.39, 0.29) is 17.6 Å². The Bertz CT molecular complexity index is 493. The number of hydrogen-bond acceptors (Lipinski definition) is 2. The summed E-state index contributed by atoms with van der Waals surface area (Å²) < 4.78 is 0. The standard InChI is InChI=1S/C16H20O3/c1-16(10-5-4-8-14(17)18)11-9-12-6-2-3-7-13(12)15(16)19/h2-3,6-7H,4-5,8-11H2,1H3,(H,17,18). The van der Waals surface area contributed by atoms with Gasteiger partial charge >= 0.3 is 5.97 Å². The van der Waals surface area contributed by atoms with Crippen LogP contribution in [-0.4, -0.2) is 16.9 Å². The van der Waals surface area contributed by atoms with Crippen LogP contribution in [0.5, 0.6) is 0 Å². The van der Waals surface area contributed by atoms with Crippen molar-refractivity contribution in [3.05, 3.63) is 35.4 Å². The van der Waals surface area contributed by atoms with Gasteiger partial charge in [-0.3, -0.25) is 9.59 Å². The van der Waals surface area contributed by atoms with Gasteiger partial charge in [-0.1, -0.05) is 37.6 Å². The summed E-state index contributed by atoms with van der Waals surface area (Å²) in [6.45, 7) is 2.02. The molecule has 0 saturated carbocycles. The number of unbranched alkanes of at least 4 members (excludes halogenated alkanes) is 1. The van der Waals surface area contributed by atoms with Crippen LogP contribution in [0.25, 0.3) is 0 Å². The molecule has 0 saturated heterocycles. The molecule has 19 heavy (non-hydrogen) atoms. The normalized spacial score (nSPS) is 22.1. The molecule has 0 spiro atoms. The minimum atomic E-state index is -0.759. The van der Waals surface area contributed by atoms with Crippen molar-refractivity contribution in [1.29, 1.82) is 0 Å². The van der Waals surface area contributed by atoms with Gasteiger partial charge in [0.15, 0.2) is 5.78 Å². The number of carboxylic acid groups (broad SMARTS) is 1. The van der Waals surface area contributed by atoms with Crippen LogP contribution in [0.4, 0.5) is 0 Å². The maximum Gasteiger partial charge on any atom is 0.303 e. The predicted octanol–water partition coefficient (Wildman–Crippen LogP) is 3.47. The van der Waals surface area contributed by atoms with E-state index in [0.717, 1.165) is 36.8 Å². The number of rotatable bonds is 5. The van der Waals surface area contributed by atoms with Crippen molar-refractivity contribution >= 4 is 11.8 Å². The number of fused-ring (bicyclic) bond motifs is 1. The molecule has 0 radical (unpaired) electrons. The summed E-state index contributed by atoms with van der Waals surface area (Å²) in [4.78, 5) is 23.0. The minimum Gasteiger partial charge on any atom is -0.481 e. The fraction of sp³-hybridized carbons (Fsp3) is 0.500. The molecule has 0 amide bonds. The Labute approximate surface area is 113 Å². The second-order valence-electron chi connectivity index (χ2n) is 5.65. The lowest BCUT2D eigenvalue weighted by Gasteiger charge is -2.33. The van der Waals surface area contributed by atoms with Crippen LogP contribution in [0.15, 0.2) is 24.3 Å². The van der Waals surface area contributed by atoms with Crippen LogP contribution >= 0.6 is 0 Å². The summed E-state index contributed by atoms with van der Waals surface area (Å²) in [7, 11) is 0. The van der Waals surface area contributed by atoms with Crippen LogP contribution < -0.4 is 0 Å². The van der Waals surface area contributed by atoms with Crippen LogP contribution in [0, 0.1) is 5.41 Å². The molecule has 1 unspecified atom stereocenters. The van der Waals surface area contributed by atoms with Gasteiger partial charge in [0.25, 0.3) is 0 Å². The summed E-state index contributed by atoms with van der Waals surface area (Å²) in [5, 5.41) is 8.63. The van der Waals surface area contributed by atoms with E-state index in [4.69, 9.17) is 5.11 Å². The zero-order valence-corrected chi connectivity index (χ0v) is 11.3. The molecule has 0 bridgehead atoms. The zero-order valence-electron chi connectivity index (χ0n) is 11.3. The number of aryl methyl sites for hydroxylation is 1. The Hall–Kier alpha value is -1.64. The highest BCUT2D eigenvalue weighted by atomic mass is 16.4. The van der Waals surface area contributed by atoms with Crippen LogP contribution in [0.3, 0.4) is 0 Å². The van der Waals surface area contributed by atoms with Crippen molar-refractivity contribution < 1.29 is 14.7 Å². The van der Waals surface area contributed by atoms with Crippen molar-refractivity contribution in [2.45, 2.75) is 45.4 Å². The van der Waals surface area contributed by atoms with E-state index < -0.39 is 5.97 Å². The fourth-order valence-corrected chi connectivity index (χ4v) is 2.84. The largest absolute Gasteiger partial charge is 0.481 e. The van der Waals surface area contributed by atoms with Crippen LogP contribution in [0.2, 0.25) is 0 Å². The Morgan fingerprint density at radius 2 is 2.05 bits per heavy atom. The molecule has 0 aliphatic heterocycles. The van der Waals surface area contributed by atoms with Gasteiger partial charge in [-0.2, -0.15) is 0 Å². The van der Waals surface area contributed by atoms with Crippen molar-refractivity contribution in [3.8, 4) is 0 Å². The fourth-order valence-electron chi connectivity index (χ4n) is 2.84. The highest BCUT2D eigenvalue weighted by molar-refractivity contribution is 6.02. The molecule has 2 rings (SSSR count). The maximum atomic E-state index is 12.6. The number of hydrogen-bond donors (Lipinski definition) is 1. The van der Waals surface area contributed by atoms with Crippen LogP contribution in [-0.2, 0) is 11.2 Å². The van der Waals surface area contributed by atoms with Crippen molar-refractivity contribution in [2.24, 2.45) is 5.41 Å². The molecule has 3 nitrogen and oxygen atoms in total. The first-order valence-electron chi connectivity index (χ1n) is 6.87. The first-order valence-corrected chi connectivity index (χ1v) is 6.87. The number of Topliss-reactive ketones (excluding diaryl/α,β-unsaturated/α-hetero) is 1. The van der Waals surface area contributed by atoms with Crippen molar-refractivity contribution in [3.63, 3.8) is 0 Å². The number of carbonyl (C=O) groups is 2. The minimum absolute atomic E-state index is 0.195. The average molecular weight is 260 g/mol.